The Morgan fingerprint density at radius 3 is 2.26 bits per heavy atom. The van der Waals surface area contributed by atoms with E-state index in [4.69, 9.17) is 5.11 Å². The van der Waals surface area contributed by atoms with Crippen LogP contribution in [0.5, 0.6) is 0 Å². The number of allylic oxidation sites excluding steroid dienone is 2. The third-order valence-electron chi connectivity index (χ3n) is 2.90. The van der Waals surface area contributed by atoms with Crippen LogP contribution in [0, 0.1) is 11.8 Å². The molecule has 0 bridgehead atoms. The van der Waals surface area contributed by atoms with E-state index in [1.807, 2.05) is 0 Å². The second-order valence-electron chi connectivity index (χ2n) is 4.27. The van der Waals surface area contributed by atoms with Gasteiger partial charge in [0.2, 0.25) is 5.91 Å². The van der Waals surface area contributed by atoms with Crippen LogP contribution in [0.3, 0.4) is 0 Å². The van der Waals surface area contributed by atoms with Gasteiger partial charge in [-0.05, 0) is 12.8 Å². The van der Waals surface area contributed by atoms with Crippen LogP contribution in [0.15, 0.2) is 12.2 Å². The molecule has 2 N–H and O–H groups in total. The normalized spacial score (nSPS) is 23.4. The molecule has 0 saturated heterocycles. The molecule has 1 amide bonds. The van der Waals surface area contributed by atoms with E-state index >= 15 is 0 Å². The molecule has 1 rings (SSSR count). The van der Waals surface area contributed by atoms with Gasteiger partial charge in [-0.15, -0.1) is 0 Å². The number of halogens is 4. The molecule has 0 aromatic heterocycles. The molecule has 0 fully saturated rings. The molecule has 2 unspecified atom stereocenters. The number of hydrogen-bond donors (Lipinski definition) is 2. The van der Waals surface area contributed by atoms with Crippen molar-refractivity contribution in [2.75, 3.05) is 6.54 Å². The summed E-state index contributed by atoms with van der Waals surface area (Å²) in [4.78, 5) is 22.5. The molecule has 1 aliphatic carbocycles. The molecule has 0 spiro atoms. The summed E-state index contributed by atoms with van der Waals surface area (Å²) in [5.74, 6) is -8.53. The van der Waals surface area contributed by atoms with Gasteiger partial charge in [-0.2, -0.15) is 8.78 Å². The SMILES string of the molecule is O=C(O)C1CC=CCC1C(=O)NCC(F)(F)C(F)F. The van der Waals surface area contributed by atoms with E-state index < -0.39 is 42.6 Å². The Morgan fingerprint density at radius 1 is 1.26 bits per heavy atom. The van der Waals surface area contributed by atoms with Gasteiger partial charge in [-0.1, -0.05) is 12.2 Å². The summed E-state index contributed by atoms with van der Waals surface area (Å²) in [5.41, 5.74) is 0. The van der Waals surface area contributed by atoms with Gasteiger partial charge in [0, 0.05) is 0 Å². The summed E-state index contributed by atoms with van der Waals surface area (Å²) in [6.45, 7) is -1.50. The van der Waals surface area contributed by atoms with Crippen molar-refractivity contribution in [2.24, 2.45) is 11.8 Å². The van der Waals surface area contributed by atoms with E-state index in [2.05, 4.69) is 0 Å². The molecule has 4 nitrogen and oxygen atoms in total. The number of nitrogens with one attached hydrogen (secondary N) is 1. The summed E-state index contributed by atoms with van der Waals surface area (Å²) in [7, 11) is 0. The number of carbonyl (C=O) groups is 2. The van der Waals surface area contributed by atoms with Crippen LogP contribution >= 0.6 is 0 Å². The standard InChI is InChI=1S/C11H13F4NO3/c12-10(13)11(14,15)5-16-8(17)6-3-1-2-4-7(6)9(18)19/h1-2,6-7,10H,3-5H2,(H,16,17)(H,18,19). The number of amides is 1. The first-order valence-electron chi connectivity index (χ1n) is 5.57. The Balaban J connectivity index is 2.62. The molecule has 0 aromatic carbocycles. The second kappa shape index (κ2) is 6.03. The largest absolute Gasteiger partial charge is 0.481 e. The zero-order valence-electron chi connectivity index (χ0n) is 9.78. The molecule has 0 saturated carbocycles. The van der Waals surface area contributed by atoms with E-state index in [0.717, 1.165) is 0 Å². The first-order valence-corrected chi connectivity index (χ1v) is 5.57. The van der Waals surface area contributed by atoms with Gasteiger partial charge in [0.15, 0.2) is 0 Å². The number of alkyl halides is 4. The van der Waals surface area contributed by atoms with Gasteiger partial charge in [-0.25, -0.2) is 8.78 Å². The molecule has 0 aromatic rings. The Labute approximate surface area is 106 Å². The highest BCUT2D eigenvalue weighted by Gasteiger charge is 2.42. The minimum atomic E-state index is -4.32. The fraction of sp³-hybridized carbons (Fsp3) is 0.636. The number of carbonyl (C=O) groups excluding carboxylic acids is 1. The third-order valence-corrected chi connectivity index (χ3v) is 2.90. The lowest BCUT2D eigenvalue weighted by atomic mass is 9.82. The highest BCUT2D eigenvalue weighted by Crippen LogP contribution is 2.27. The molecule has 108 valence electrons. The zero-order valence-corrected chi connectivity index (χ0v) is 9.78. The van der Waals surface area contributed by atoms with Gasteiger partial charge in [-0.3, -0.25) is 9.59 Å². The zero-order chi connectivity index (χ0) is 14.6. The predicted octanol–water partition coefficient (Wildman–Crippen LogP) is 1.67. The number of carboxylic acids is 1. The van der Waals surface area contributed by atoms with E-state index in [1.165, 1.54) is 0 Å². The van der Waals surface area contributed by atoms with Gasteiger partial charge in [0.05, 0.1) is 18.4 Å². The highest BCUT2D eigenvalue weighted by atomic mass is 19.3. The minimum Gasteiger partial charge on any atom is -0.481 e. The maximum absolute atomic E-state index is 12.6. The van der Waals surface area contributed by atoms with Crippen molar-refractivity contribution in [3.8, 4) is 0 Å². The van der Waals surface area contributed by atoms with E-state index in [0.29, 0.717) is 0 Å². The average molecular weight is 283 g/mol. The molecule has 2 atom stereocenters. The van der Waals surface area contributed by atoms with E-state index in [-0.39, 0.29) is 12.8 Å². The highest BCUT2D eigenvalue weighted by molar-refractivity contribution is 5.85. The topological polar surface area (TPSA) is 66.4 Å². The Bertz CT molecular complexity index is 384. The molecule has 0 aliphatic heterocycles. The number of aliphatic carboxylic acids is 1. The summed E-state index contributed by atoms with van der Waals surface area (Å²) in [5, 5.41) is 10.6. The molecule has 19 heavy (non-hydrogen) atoms. The number of rotatable bonds is 5. The van der Waals surface area contributed by atoms with Crippen molar-refractivity contribution < 1.29 is 32.3 Å². The summed E-state index contributed by atoms with van der Waals surface area (Å²) >= 11 is 0. The predicted molar refractivity (Wildman–Crippen MR) is 57.0 cm³/mol. The number of carboxylic acid groups (broad SMARTS) is 1. The molecule has 1 aliphatic rings. The average Bonchev–Trinajstić information content (AvgIpc) is 2.35. The molecule has 0 radical (unpaired) electrons. The second-order valence-corrected chi connectivity index (χ2v) is 4.27. The summed E-state index contributed by atoms with van der Waals surface area (Å²) in [6.07, 6.45) is -0.540. The molecular weight excluding hydrogens is 270 g/mol. The lowest BCUT2D eigenvalue weighted by molar-refractivity contribution is -0.149. The fourth-order valence-corrected chi connectivity index (χ4v) is 1.79. The van der Waals surface area contributed by atoms with Crippen LogP contribution in [0.1, 0.15) is 12.8 Å². The summed E-state index contributed by atoms with van der Waals surface area (Å²) < 4.78 is 49.1. The van der Waals surface area contributed by atoms with Gasteiger partial charge in [0.1, 0.15) is 0 Å². The lowest BCUT2D eigenvalue weighted by Gasteiger charge is -2.25. The first kappa shape index (κ1) is 15.5. The monoisotopic (exact) mass is 283 g/mol. The quantitative estimate of drug-likeness (QED) is 0.596. The van der Waals surface area contributed by atoms with Gasteiger partial charge in [0.25, 0.3) is 0 Å². The van der Waals surface area contributed by atoms with Crippen LogP contribution in [0.2, 0.25) is 0 Å². The van der Waals surface area contributed by atoms with Crippen LogP contribution in [0.4, 0.5) is 17.6 Å². The Kier molecular flexibility index (Phi) is 4.90. The maximum Gasteiger partial charge on any atom is 0.324 e. The summed E-state index contributed by atoms with van der Waals surface area (Å²) in [6, 6.07) is 0. The van der Waals surface area contributed by atoms with Crippen molar-refractivity contribution in [3.63, 3.8) is 0 Å². The molecule has 0 heterocycles. The van der Waals surface area contributed by atoms with E-state index in [9.17, 15) is 27.2 Å². The van der Waals surface area contributed by atoms with Crippen molar-refractivity contribution in [3.05, 3.63) is 12.2 Å². The Morgan fingerprint density at radius 2 is 1.79 bits per heavy atom. The molecule has 8 heteroatoms. The Hall–Kier alpha value is -1.60. The van der Waals surface area contributed by atoms with Crippen molar-refractivity contribution in [1.82, 2.24) is 5.32 Å². The van der Waals surface area contributed by atoms with E-state index in [1.54, 1.807) is 17.5 Å². The lowest BCUT2D eigenvalue weighted by Crippen LogP contribution is -2.45. The van der Waals surface area contributed by atoms with Gasteiger partial charge < -0.3 is 10.4 Å². The van der Waals surface area contributed by atoms with Gasteiger partial charge >= 0.3 is 18.3 Å². The van der Waals surface area contributed by atoms with Crippen molar-refractivity contribution in [1.29, 1.82) is 0 Å². The van der Waals surface area contributed by atoms with Crippen LogP contribution < -0.4 is 5.32 Å². The first-order chi connectivity index (χ1) is 8.75. The van der Waals surface area contributed by atoms with Crippen LogP contribution in [-0.2, 0) is 9.59 Å². The number of hydrogen-bond acceptors (Lipinski definition) is 2. The van der Waals surface area contributed by atoms with Crippen LogP contribution in [-0.4, -0.2) is 35.9 Å². The van der Waals surface area contributed by atoms with Crippen molar-refractivity contribution in [2.45, 2.75) is 25.2 Å². The fourth-order valence-electron chi connectivity index (χ4n) is 1.79. The molecular formula is C11H13F4NO3. The van der Waals surface area contributed by atoms with Crippen LogP contribution in [0.25, 0.3) is 0 Å². The minimum absolute atomic E-state index is 0.0864. The van der Waals surface area contributed by atoms with Crippen molar-refractivity contribution >= 4 is 11.9 Å². The third kappa shape index (κ3) is 3.93. The maximum atomic E-state index is 12.6. The smallest absolute Gasteiger partial charge is 0.324 e.